The lowest BCUT2D eigenvalue weighted by Crippen LogP contribution is -2.36. The van der Waals surface area contributed by atoms with Gasteiger partial charge in [-0.3, -0.25) is 0 Å². The molecule has 1 heterocycles. The maximum absolute atomic E-state index is 12.1. The summed E-state index contributed by atoms with van der Waals surface area (Å²) in [5, 5.41) is 13.0. The van der Waals surface area contributed by atoms with Crippen molar-refractivity contribution >= 4 is 11.7 Å². The Morgan fingerprint density at radius 2 is 2.05 bits per heavy atom. The van der Waals surface area contributed by atoms with Crippen molar-refractivity contribution in [1.82, 2.24) is 0 Å². The lowest BCUT2D eigenvalue weighted by molar-refractivity contribution is -0.144. The first-order valence-corrected chi connectivity index (χ1v) is 7.50. The third-order valence-corrected chi connectivity index (χ3v) is 3.98. The minimum atomic E-state index is -0.373. The summed E-state index contributed by atoms with van der Waals surface area (Å²) in [6.07, 6.45) is 0.610. The Balaban J connectivity index is 2.00. The zero-order valence-corrected chi connectivity index (χ0v) is 12.5. The Kier molecular flexibility index (Phi) is 4.00. The van der Waals surface area contributed by atoms with Crippen molar-refractivity contribution in [2.24, 2.45) is 0 Å². The highest BCUT2D eigenvalue weighted by Gasteiger charge is 2.32. The maximum atomic E-state index is 12.1. The van der Waals surface area contributed by atoms with Gasteiger partial charge in [0.05, 0.1) is 6.61 Å². The predicted molar refractivity (Wildman–Crippen MR) is 85.1 cm³/mol. The highest BCUT2D eigenvalue weighted by atomic mass is 16.5. The molecule has 114 valence electrons. The van der Waals surface area contributed by atoms with Crippen LogP contribution in [-0.4, -0.2) is 23.7 Å². The molecule has 0 saturated carbocycles. The number of phenolic OH excluding ortho intramolecular Hbond substituents is 1. The van der Waals surface area contributed by atoms with Gasteiger partial charge < -0.3 is 15.2 Å². The molecule has 0 aliphatic carbocycles. The molecule has 2 atom stereocenters. The Labute approximate surface area is 129 Å². The molecule has 0 saturated heterocycles. The molecule has 0 fully saturated rings. The van der Waals surface area contributed by atoms with E-state index in [0.29, 0.717) is 13.0 Å². The van der Waals surface area contributed by atoms with Gasteiger partial charge in [0.1, 0.15) is 11.8 Å². The van der Waals surface area contributed by atoms with E-state index in [1.54, 1.807) is 19.1 Å². The van der Waals surface area contributed by atoms with Crippen molar-refractivity contribution in [2.75, 3.05) is 11.9 Å². The molecule has 3 rings (SSSR count). The second-order valence-corrected chi connectivity index (χ2v) is 5.42. The Morgan fingerprint density at radius 3 is 2.77 bits per heavy atom. The van der Waals surface area contributed by atoms with Crippen LogP contribution in [0.4, 0.5) is 5.69 Å². The SMILES string of the molecule is CCOC(=O)C1CC(c2ccccc2)c2cc(O)ccc2N1. The fourth-order valence-corrected chi connectivity index (χ4v) is 2.98. The van der Waals surface area contributed by atoms with Crippen molar-refractivity contribution in [2.45, 2.75) is 25.3 Å². The number of anilines is 1. The largest absolute Gasteiger partial charge is 0.508 e. The number of hydrogen-bond donors (Lipinski definition) is 2. The first kappa shape index (κ1) is 14.4. The average Bonchev–Trinajstić information content (AvgIpc) is 2.55. The van der Waals surface area contributed by atoms with Gasteiger partial charge in [-0.1, -0.05) is 30.3 Å². The standard InChI is InChI=1S/C18H19NO3/c1-2-22-18(21)17-11-14(12-6-4-3-5-7-12)15-10-13(20)8-9-16(15)19-17/h3-10,14,17,19-20H,2,11H2,1H3. The van der Waals surface area contributed by atoms with E-state index in [0.717, 1.165) is 16.8 Å². The van der Waals surface area contributed by atoms with Crippen LogP contribution >= 0.6 is 0 Å². The van der Waals surface area contributed by atoms with E-state index in [4.69, 9.17) is 4.74 Å². The number of aromatic hydroxyl groups is 1. The number of esters is 1. The summed E-state index contributed by atoms with van der Waals surface area (Å²) < 4.78 is 5.15. The molecule has 2 aromatic rings. The summed E-state index contributed by atoms with van der Waals surface area (Å²) in [4.78, 5) is 12.1. The van der Waals surface area contributed by atoms with E-state index in [1.807, 2.05) is 36.4 Å². The van der Waals surface area contributed by atoms with E-state index in [-0.39, 0.29) is 23.7 Å². The van der Waals surface area contributed by atoms with Crippen molar-refractivity contribution in [1.29, 1.82) is 0 Å². The summed E-state index contributed by atoms with van der Waals surface area (Å²) in [7, 11) is 0. The van der Waals surface area contributed by atoms with Crippen LogP contribution in [0.15, 0.2) is 48.5 Å². The van der Waals surface area contributed by atoms with Gasteiger partial charge in [-0.25, -0.2) is 4.79 Å². The fourth-order valence-electron chi connectivity index (χ4n) is 2.98. The summed E-state index contributed by atoms with van der Waals surface area (Å²) in [6.45, 7) is 2.18. The maximum Gasteiger partial charge on any atom is 0.328 e. The highest BCUT2D eigenvalue weighted by molar-refractivity contribution is 5.81. The van der Waals surface area contributed by atoms with Crippen LogP contribution < -0.4 is 5.32 Å². The van der Waals surface area contributed by atoms with Gasteiger partial charge in [-0.2, -0.15) is 0 Å². The van der Waals surface area contributed by atoms with Gasteiger partial charge in [0.25, 0.3) is 0 Å². The van der Waals surface area contributed by atoms with Gasteiger partial charge in [0.2, 0.25) is 0 Å². The number of benzene rings is 2. The molecule has 1 aliphatic rings. The normalized spacial score (nSPS) is 19.9. The number of carbonyl (C=O) groups is 1. The molecule has 22 heavy (non-hydrogen) atoms. The van der Waals surface area contributed by atoms with Gasteiger partial charge in [0, 0.05) is 11.6 Å². The number of rotatable bonds is 3. The Bertz CT molecular complexity index is 669. The summed E-state index contributed by atoms with van der Waals surface area (Å²) in [5.74, 6) is 0.0529. The van der Waals surface area contributed by atoms with Crippen LogP contribution in [0, 0.1) is 0 Å². The molecule has 2 N–H and O–H groups in total. The molecule has 2 aromatic carbocycles. The second-order valence-electron chi connectivity index (χ2n) is 5.42. The second kappa shape index (κ2) is 6.10. The first-order chi connectivity index (χ1) is 10.7. The Morgan fingerprint density at radius 1 is 1.27 bits per heavy atom. The number of nitrogens with one attached hydrogen (secondary N) is 1. The van der Waals surface area contributed by atoms with Gasteiger partial charge >= 0.3 is 5.97 Å². The number of carbonyl (C=O) groups excluding carboxylic acids is 1. The zero-order valence-electron chi connectivity index (χ0n) is 12.5. The minimum absolute atomic E-state index is 0.0546. The first-order valence-electron chi connectivity index (χ1n) is 7.50. The third kappa shape index (κ3) is 2.77. The predicted octanol–water partition coefficient (Wildman–Crippen LogP) is 3.27. The molecular formula is C18H19NO3. The summed E-state index contributed by atoms with van der Waals surface area (Å²) >= 11 is 0. The monoisotopic (exact) mass is 297 g/mol. The molecular weight excluding hydrogens is 278 g/mol. The molecule has 2 unspecified atom stereocenters. The van der Waals surface area contributed by atoms with Crippen molar-refractivity contribution in [3.8, 4) is 5.75 Å². The molecule has 0 bridgehead atoms. The summed E-state index contributed by atoms with van der Waals surface area (Å²) in [5.41, 5.74) is 3.01. The van der Waals surface area contributed by atoms with E-state index in [1.165, 1.54) is 0 Å². The molecule has 0 spiro atoms. The van der Waals surface area contributed by atoms with E-state index in [2.05, 4.69) is 5.32 Å². The molecule has 0 amide bonds. The number of hydrogen-bond acceptors (Lipinski definition) is 4. The molecule has 0 radical (unpaired) electrons. The van der Waals surface area contributed by atoms with Crippen molar-refractivity contribution in [3.05, 3.63) is 59.7 Å². The number of ether oxygens (including phenoxy) is 1. The lowest BCUT2D eigenvalue weighted by atomic mass is 9.82. The number of phenols is 1. The van der Waals surface area contributed by atoms with Crippen LogP contribution in [-0.2, 0) is 9.53 Å². The fraction of sp³-hybridized carbons (Fsp3) is 0.278. The van der Waals surface area contributed by atoms with E-state index >= 15 is 0 Å². The highest BCUT2D eigenvalue weighted by Crippen LogP contribution is 2.40. The number of fused-ring (bicyclic) bond motifs is 1. The van der Waals surface area contributed by atoms with Crippen LogP contribution in [0.5, 0.6) is 5.75 Å². The smallest absolute Gasteiger partial charge is 0.328 e. The molecule has 0 aromatic heterocycles. The molecule has 4 nitrogen and oxygen atoms in total. The van der Waals surface area contributed by atoms with Crippen molar-refractivity contribution in [3.63, 3.8) is 0 Å². The van der Waals surface area contributed by atoms with Gasteiger partial charge in [0.15, 0.2) is 0 Å². The average molecular weight is 297 g/mol. The van der Waals surface area contributed by atoms with Crippen LogP contribution in [0.1, 0.15) is 30.4 Å². The topological polar surface area (TPSA) is 58.6 Å². The van der Waals surface area contributed by atoms with Crippen LogP contribution in [0.2, 0.25) is 0 Å². The van der Waals surface area contributed by atoms with Gasteiger partial charge in [-0.15, -0.1) is 0 Å². The lowest BCUT2D eigenvalue weighted by Gasteiger charge is -2.32. The summed E-state index contributed by atoms with van der Waals surface area (Å²) in [6, 6.07) is 14.9. The van der Waals surface area contributed by atoms with Crippen LogP contribution in [0.3, 0.4) is 0 Å². The molecule has 1 aliphatic heterocycles. The third-order valence-electron chi connectivity index (χ3n) is 3.98. The van der Waals surface area contributed by atoms with Crippen molar-refractivity contribution < 1.29 is 14.6 Å². The minimum Gasteiger partial charge on any atom is -0.508 e. The zero-order chi connectivity index (χ0) is 15.5. The quantitative estimate of drug-likeness (QED) is 0.674. The van der Waals surface area contributed by atoms with Crippen LogP contribution in [0.25, 0.3) is 0 Å². The van der Waals surface area contributed by atoms with E-state index in [9.17, 15) is 9.90 Å². The van der Waals surface area contributed by atoms with Gasteiger partial charge in [-0.05, 0) is 42.7 Å². The Hall–Kier alpha value is -2.49. The molecule has 4 heteroatoms. The van der Waals surface area contributed by atoms with E-state index < -0.39 is 0 Å².